The van der Waals surface area contributed by atoms with E-state index in [2.05, 4.69) is 46.1 Å². The van der Waals surface area contributed by atoms with Gasteiger partial charge in [0.15, 0.2) is 5.65 Å². The molecule has 34 heavy (non-hydrogen) atoms. The van der Waals surface area contributed by atoms with E-state index in [1.54, 1.807) is 22.2 Å². The fourth-order valence-electron chi connectivity index (χ4n) is 5.24. The summed E-state index contributed by atoms with van der Waals surface area (Å²) in [4.78, 5) is 27.2. The molecular formula is C25H27N7OS. The standard InChI is InChI=1S/C25H27N7OS/c1-3-31-21(33)17-12-27-22(28-16-4-5-18-15(10-16)11-26-14-25(18)8-9-25)30-20(17)32(31)23-29-19(13-34-23)24(2)6-7-24/h4-5,10,12-13,26H,3,6-9,11,14H2,1-2H3,(H,27,28,30). The lowest BCUT2D eigenvalue weighted by atomic mass is 9.88. The van der Waals surface area contributed by atoms with E-state index >= 15 is 0 Å². The number of hydrogen-bond acceptors (Lipinski definition) is 7. The first-order valence-electron chi connectivity index (χ1n) is 12.1. The Balaban J connectivity index is 1.28. The molecule has 0 saturated heterocycles. The van der Waals surface area contributed by atoms with Crippen molar-refractivity contribution in [2.45, 2.75) is 63.5 Å². The van der Waals surface area contributed by atoms with Gasteiger partial charge in [-0.15, -0.1) is 11.3 Å². The van der Waals surface area contributed by atoms with Crippen molar-refractivity contribution in [2.24, 2.45) is 0 Å². The molecular weight excluding hydrogens is 446 g/mol. The first-order chi connectivity index (χ1) is 16.5. The highest BCUT2D eigenvalue weighted by Crippen LogP contribution is 2.51. The Morgan fingerprint density at radius 1 is 1.21 bits per heavy atom. The molecule has 0 bridgehead atoms. The van der Waals surface area contributed by atoms with E-state index in [1.165, 1.54) is 24.0 Å². The maximum Gasteiger partial charge on any atom is 0.278 e. The summed E-state index contributed by atoms with van der Waals surface area (Å²) in [7, 11) is 0. The van der Waals surface area contributed by atoms with Gasteiger partial charge >= 0.3 is 0 Å². The maximum atomic E-state index is 13.1. The van der Waals surface area contributed by atoms with Crippen LogP contribution in [0, 0.1) is 0 Å². The van der Waals surface area contributed by atoms with Gasteiger partial charge in [0.2, 0.25) is 11.1 Å². The lowest BCUT2D eigenvalue weighted by Crippen LogP contribution is -2.33. The van der Waals surface area contributed by atoms with Gasteiger partial charge in [0.25, 0.3) is 5.56 Å². The van der Waals surface area contributed by atoms with Crippen LogP contribution in [0.5, 0.6) is 0 Å². The van der Waals surface area contributed by atoms with E-state index in [1.807, 2.05) is 11.6 Å². The molecule has 0 radical (unpaired) electrons. The minimum Gasteiger partial charge on any atom is -0.324 e. The number of fused-ring (bicyclic) bond motifs is 3. The predicted octanol–water partition coefficient (Wildman–Crippen LogP) is 3.99. The highest BCUT2D eigenvalue weighted by atomic mass is 32.1. The molecule has 0 amide bonds. The molecule has 1 spiro atoms. The molecule has 3 aromatic heterocycles. The molecule has 9 heteroatoms. The largest absolute Gasteiger partial charge is 0.324 e. The van der Waals surface area contributed by atoms with Gasteiger partial charge < -0.3 is 10.6 Å². The molecule has 0 unspecified atom stereocenters. The Bertz CT molecular complexity index is 1510. The van der Waals surface area contributed by atoms with Crippen molar-refractivity contribution in [1.82, 2.24) is 29.6 Å². The number of aromatic nitrogens is 5. The summed E-state index contributed by atoms with van der Waals surface area (Å²) >= 11 is 1.56. The average Bonchev–Trinajstić information content (AvgIpc) is 3.70. The second-order valence-electron chi connectivity index (χ2n) is 10.2. The van der Waals surface area contributed by atoms with Crippen molar-refractivity contribution >= 4 is 34.0 Å². The fourth-order valence-corrected chi connectivity index (χ4v) is 6.23. The molecule has 1 aromatic carbocycles. The van der Waals surface area contributed by atoms with Gasteiger partial charge in [0, 0.05) is 47.7 Å². The number of rotatable bonds is 5. The zero-order valence-electron chi connectivity index (χ0n) is 19.4. The summed E-state index contributed by atoms with van der Waals surface area (Å²) in [6.07, 6.45) is 6.49. The van der Waals surface area contributed by atoms with Crippen LogP contribution >= 0.6 is 11.3 Å². The normalized spacial score (nSPS) is 19.4. The van der Waals surface area contributed by atoms with Crippen LogP contribution in [0.15, 0.2) is 34.6 Å². The van der Waals surface area contributed by atoms with Gasteiger partial charge in [-0.1, -0.05) is 13.0 Å². The zero-order chi connectivity index (χ0) is 23.1. The molecule has 174 valence electrons. The molecule has 2 saturated carbocycles. The minimum atomic E-state index is -0.0898. The second-order valence-corrected chi connectivity index (χ2v) is 11.1. The van der Waals surface area contributed by atoms with Crippen LogP contribution in [0.1, 0.15) is 56.4 Å². The van der Waals surface area contributed by atoms with Crippen LogP contribution in [0.4, 0.5) is 11.6 Å². The highest BCUT2D eigenvalue weighted by Gasteiger charge is 2.46. The number of hydrogen-bond donors (Lipinski definition) is 2. The third kappa shape index (κ3) is 2.99. The lowest BCUT2D eigenvalue weighted by Gasteiger charge is -2.26. The van der Waals surface area contributed by atoms with Crippen LogP contribution in [-0.2, 0) is 23.9 Å². The third-order valence-corrected chi connectivity index (χ3v) is 8.65. The summed E-state index contributed by atoms with van der Waals surface area (Å²) in [5.74, 6) is 0.477. The number of nitrogens with one attached hydrogen (secondary N) is 2. The summed E-state index contributed by atoms with van der Waals surface area (Å²) < 4.78 is 3.55. The van der Waals surface area contributed by atoms with Crippen molar-refractivity contribution in [3.8, 4) is 5.13 Å². The molecule has 2 N–H and O–H groups in total. The van der Waals surface area contributed by atoms with Crippen LogP contribution in [0.3, 0.4) is 0 Å². The van der Waals surface area contributed by atoms with Crippen LogP contribution in [0.25, 0.3) is 16.2 Å². The number of nitrogens with zero attached hydrogens (tertiary/aromatic N) is 5. The number of thiazole rings is 1. The lowest BCUT2D eigenvalue weighted by molar-refractivity contribution is 0.531. The summed E-state index contributed by atoms with van der Waals surface area (Å²) in [6, 6.07) is 6.57. The van der Waals surface area contributed by atoms with Gasteiger partial charge in [-0.2, -0.15) is 4.98 Å². The molecule has 4 heterocycles. The first kappa shape index (κ1) is 20.3. The Morgan fingerprint density at radius 2 is 2.06 bits per heavy atom. The Labute approximate surface area is 201 Å². The van der Waals surface area contributed by atoms with Crippen molar-refractivity contribution in [2.75, 3.05) is 11.9 Å². The predicted molar refractivity (Wildman–Crippen MR) is 133 cm³/mol. The molecule has 1 aliphatic heterocycles. The van der Waals surface area contributed by atoms with Crippen molar-refractivity contribution in [1.29, 1.82) is 0 Å². The topological polar surface area (TPSA) is 89.7 Å². The number of benzene rings is 1. The smallest absolute Gasteiger partial charge is 0.278 e. The average molecular weight is 474 g/mol. The molecule has 2 fully saturated rings. The number of anilines is 2. The van der Waals surface area contributed by atoms with E-state index in [0.29, 0.717) is 28.9 Å². The van der Waals surface area contributed by atoms with Gasteiger partial charge in [0.05, 0.1) is 5.69 Å². The minimum absolute atomic E-state index is 0.0898. The van der Waals surface area contributed by atoms with E-state index in [-0.39, 0.29) is 11.0 Å². The maximum absolute atomic E-state index is 13.1. The summed E-state index contributed by atoms with van der Waals surface area (Å²) in [6.45, 7) is 6.71. The Hall–Kier alpha value is -3.04. The summed E-state index contributed by atoms with van der Waals surface area (Å²) in [5.41, 5.74) is 5.91. The molecule has 8 nitrogen and oxygen atoms in total. The van der Waals surface area contributed by atoms with Gasteiger partial charge in [0.1, 0.15) is 5.39 Å². The molecule has 2 aliphatic carbocycles. The van der Waals surface area contributed by atoms with Gasteiger partial charge in [-0.05, 0) is 55.9 Å². The Kier molecular flexibility index (Phi) is 4.18. The molecule has 0 atom stereocenters. The van der Waals surface area contributed by atoms with Crippen molar-refractivity contribution < 1.29 is 0 Å². The van der Waals surface area contributed by atoms with E-state index in [0.717, 1.165) is 42.4 Å². The Morgan fingerprint density at radius 3 is 2.82 bits per heavy atom. The van der Waals surface area contributed by atoms with Crippen LogP contribution < -0.4 is 16.2 Å². The third-order valence-electron chi connectivity index (χ3n) is 7.83. The van der Waals surface area contributed by atoms with Crippen LogP contribution in [0.2, 0.25) is 0 Å². The van der Waals surface area contributed by atoms with E-state index in [4.69, 9.17) is 9.97 Å². The molecule has 3 aliphatic rings. The molecule has 7 rings (SSSR count). The molecule has 4 aromatic rings. The second kappa shape index (κ2) is 6.99. The van der Waals surface area contributed by atoms with E-state index < -0.39 is 0 Å². The van der Waals surface area contributed by atoms with Crippen LogP contribution in [-0.4, -0.2) is 30.9 Å². The van der Waals surface area contributed by atoms with Crippen molar-refractivity contribution in [3.63, 3.8) is 0 Å². The SMILES string of the molecule is CCn1c(=O)c2cnc(Nc3ccc4c(c3)CNCC43CC3)nc2n1-c1nc(C2(C)CC2)cs1. The van der Waals surface area contributed by atoms with Crippen molar-refractivity contribution in [3.05, 3.63) is 57.0 Å². The first-order valence-corrected chi connectivity index (χ1v) is 12.9. The highest BCUT2D eigenvalue weighted by molar-refractivity contribution is 7.12. The van der Waals surface area contributed by atoms with Gasteiger partial charge in [-0.25, -0.2) is 19.3 Å². The quantitative estimate of drug-likeness (QED) is 0.456. The van der Waals surface area contributed by atoms with Gasteiger partial charge in [-0.3, -0.25) is 4.79 Å². The summed E-state index contributed by atoms with van der Waals surface area (Å²) in [5, 5.41) is 10.3. The fraction of sp³-hybridized carbons (Fsp3) is 0.440. The zero-order valence-corrected chi connectivity index (χ0v) is 20.2. The van der Waals surface area contributed by atoms with E-state index in [9.17, 15) is 4.79 Å². The monoisotopic (exact) mass is 473 g/mol.